The lowest BCUT2D eigenvalue weighted by atomic mass is 10.1. The van der Waals surface area contributed by atoms with Gasteiger partial charge in [0.25, 0.3) is 0 Å². The molecule has 1 heterocycles. The van der Waals surface area contributed by atoms with Gasteiger partial charge in [-0.1, -0.05) is 0 Å². The van der Waals surface area contributed by atoms with Gasteiger partial charge in [-0.2, -0.15) is 5.10 Å². The zero-order valence-corrected chi connectivity index (χ0v) is 14.5. The van der Waals surface area contributed by atoms with Crippen molar-refractivity contribution in [3.63, 3.8) is 0 Å². The van der Waals surface area contributed by atoms with Crippen LogP contribution in [0.5, 0.6) is 0 Å². The summed E-state index contributed by atoms with van der Waals surface area (Å²) in [5.74, 6) is -0.207. The molecular formula is C13H24N4O3S. The second kappa shape index (κ2) is 5.76. The Hall–Kier alpha value is -1.41. The minimum atomic E-state index is -3.57. The standard InChI is InChI=1S/C13H24N4O3S/c1-9-12(21(19,20)16(6)7)10(2)17(15-9)8-11(18)14-13(3,4)5/h8H2,1-7H3,(H,14,18). The smallest absolute Gasteiger partial charge is 0.246 e. The first-order chi connectivity index (χ1) is 9.36. The van der Waals surface area contributed by atoms with Crippen LogP contribution >= 0.6 is 0 Å². The number of sulfonamides is 1. The molecule has 0 aliphatic heterocycles. The molecule has 0 unspecified atom stereocenters. The summed E-state index contributed by atoms with van der Waals surface area (Å²) in [6.45, 7) is 8.92. The summed E-state index contributed by atoms with van der Waals surface area (Å²) in [4.78, 5) is 12.1. The van der Waals surface area contributed by atoms with Crippen LogP contribution in [0.1, 0.15) is 32.2 Å². The number of aromatic nitrogens is 2. The maximum Gasteiger partial charge on any atom is 0.246 e. The van der Waals surface area contributed by atoms with E-state index in [1.165, 1.54) is 18.8 Å². The van der Waals surface area contributed by atoms with Crippen molar-refractivity contribution in [1.82, 2.24) is 19.4 Å². The molecule has 0 aliphatic carbocycles. The summed E-state index contributed by atoms with van der Waals surface area (Å²) < 4.78 is 27.1. The number of nitrogens with one attached hydrogen (secondary N) is 1. The van der Waals surface area contributed by atoms with Crippen LogP contribution in [0.4, 0.5) is 0 Å². The maximum absolute atomic E-state index is 12.3. The molecule has 1 N–H and O–H groups in total. The third kappa shape index (κ3) is 4.04. The predicted octanol–water partition coefficient (Wildman–Crippen LogP) is 0.665. The largest absolute Gasteiger partial charge is 0.350 e. The number of carbonyl (C=O) groups is 1. The van der Waals surface area contributed by atoms with Crippen molar-refractivity contribution in [2.45, 2.75) is 51.6 Å². The van der Waals surface area contributed by atoms with Gasteiger partial charge < -0.3 is 5.32 Å². The number of nitrogens with zero attached hydrogens (tertiary/aromatic N) is 3. The average Bonchev–Trinajstić information content (AvgIpc) is 2.50. The Labute approximate surface area is 126 Å². The summed E-state index contributed by atoms with van der Waals surface area (Å²) in [5, 5.41) is 7.00. The molecule has 1 amide bonds. The first-order valence-corrected chi connectivity index (χ1v) is 8.08. The third-order valence-corrected chi connectivity index (χ3v) is 4.93. The van der Waals surface area contributed by atoms with Crippen LogP contribution < -0.4 is 5.32 Å². The molecule has 0 aromatic carbocycles. The van der Waals surface area contributed by atoms with Crippen molar-refractivity contribution in [2.24, 2.45) is 0 Å². The Bertz CT molecular complexity index is 639. The van der Waals surface area contributed by atoms with E-state index in [2.05, 4.69) is 10.4 Å². The highest BCUT2D eigenvalue weighted by Crippen LogP contribution is 2.21. The van der Waals surface area contributed by atoms with Crippen molar-refractivity contribution in [3.05, 3.63) is 11.4 Å². The van der Waals surface area contributed by atoms with Gasteiger partial charge in [-0.25, -0.2) is 12.7 Å². The molecule has 1 aromatic rings. The second-order valence-electron chi connectivity index (χ2n) is 6.24. The van der Waals surface area contributed by atoms with E-state index in [4.69, 9.17) is 0 Å². The average molecular weight is 316 g/mol. The maximum atomic E-state index is 12.3. The molecule has 8 heteroatoms. The Morgan fingerprint density at radius 3 is 2.24 bits per heavy atom. The summed E-state index contributed by atoms with van der Waals surface area (Å²) in [7, 11) is -0.630. The molecule has 0 radical (unpaired) electrons. The highest BCUT2D eigenvalue weighted by atomic mass is 32.2. The Morgan fingerprint density at radius 1 is 1.29 bits per heavy atom. The third-order valence-electron chi connectivity index (χ3n) is 2.86. The fraction of sp³-hybridized carbons (Fsp3) is 0.692. The number of carbonyl (C=O) groups excluding carboxylic acids is 1. The zero-order valence-electron chi connectivity index (χ0n) is 13.7. The monoisotopic (exact) mass is 316 g/mol. The molecular weight excluding hydrogens is 292 g/mol. The molecule has 0 aliphatic rings. The minimum Gasteiger partial charge on any atom is -0.350 e. The van der Waals surface area contributed by atoms with Crippen LogP contribution in [0.2, 0.25) is 0 Å². The van der Waals surface area contributed by atoms with Gasteiger partial charge in [0.15, 0.2) is 0 Å². The predicted molar refractivity (Wildman–Crippen MR) is 80.5 cm³/mol. The Balaban J connectivity index is 3.13. The van der Waals surface area contributed by atoms with Gasteiger partial charge in [0.1, 0.15) is 11.4 Å². The van der Waals surface area contributed by atoms with E-state index in [1.54, 1.807) is 13.8 Å². The summed E-state index contributed by atoms with van der Waals surface area (Å²) >= 11 is 0. The van der Waals surface area contributed by atoms with E-state index in [0.717, 1.165) is 4.31 Å². The lowest BCUT2D eigenvalue weighted by molar-refractivity contribution is -0.123. The highest BCUT2D eigenvalue weighted by molar-refractivity contribution is 7.89. The quantitative estimate of drug-likeness (QED) is 0.884. The Kier molecular flexibility index (Phi) is 4.84. The summed E-state index contributed by atoms with van der Waals surface area (Å²) in [5.41, 5.74) is 0.515. The van der Waals surface area contributed by atoms with Gasteiger partial charge in [0, 0.05) is 19.6 Å². The van der Waals surface area contributed by atoms with Crippen LogP contribution in [0.3, 0.4) is 0 Å². The van der Waals surface area contributed by atoms with E-state index in [9.17, 15) is 13.2 Å². The van der Waals surface area contributed by atoms with Crippen LogP contribution in [0.15, 0.2) is 4.90 Å². The molecule has 21 heavy (non-hydrogen) atoms. The lowest BCUT2D eigenvalue weighted by Gasteiger charge is -2.20. The molecule has 0 saturated carbocycles. The fourth-order valence-electron chi connectivity index (χ4n) is 1.98. The van der Waals surface area contributed by atoms with E-state index in [-0.39, 0.29) is 22.9 Å². The number of hydrogen-bond donors (Lipinski definition) is 1. The normalized spacial score (nSPS) is 12.8. The van der Waals surface area contributed by atoms with Crippen molar-refractivity contribution >= 4 is 15.9 Å². The van der Waals surface area contributed by atoms with Crippen molar-refractivity contribution < 1.29 is 13.2 Å². The molecule has 0 saturated heterocycles. The Morgan fingerprint density at radius 2 is 1.81 bits per heavy atom. The molecule has 120 valence electrons. The van der Waals surface area contributed by atoms with Gasteiger partial charge in [-0.15, -0.1) is 0 Å². The van der Waals surface area contributed by atoms with Crippen molar-refractivity contribution in [1.29, 1.82) is 0 Å². The van der Waals surface area contributed by atoms with Crippen LogP contribution in [0.25, 0.3) is 0 Å². The van der Waals surface area contributed by atoms with Crippen molar-refractivity contribution in [3.8, 4) is 0 Å². The van der Waals surface area contributed by atoms with Crippen LogP contribution in [0, 0.1) is 13.8 Å². The van der Waals surface area contributed by atoms with Gasteiger partial charge in [-0.05, 0) is 34.6 Å². The van der Waals surface area contributed by atoms with E-state index >= 15 is 0 Å². The topological polar surface area (TPSA) is 84.3 Å². The van der Waals surface area contributed by atoms with Gasteiger partial charge in [-0.3, -0.25) is 9.48 Å². The second-order valence-corrected chi connectivity index (χ2v) is 8.33. The number of amides is 1. The SMILES string of the molecule is Cc1nn(CC(=O)NC(C)(C)C)c(C)c1S(=O)(=O)N(C)C. The first-order valence-electron chi connectivity index (χ1n) is 6.64. The van der Waals surface area contributed by atoms with Gasteiger partial charge in [0.05, 0.1) is 11.4 Å². The first kappa shape index (κ1) is 17.6. The number of rotatable bonds is 4. The van der Waals surface area contributed by atoms with Gasteiger partial charge >= 0.3 is 0 Å². The molecule has 1 rings (SSSR count). The molecule has 0 bridgehead atoms. The molecule has 0 fully saturated rings. The van der Waals surface area contributed by atoms with E-state index in [1.807, 2.05) is 20.8 Å². The molecule has 0 spiro atoms. The number of aryl methyl sites for hydroxylation is 1. The van der Waals surface area contributed by atoms with E-state index in [0.29, 0.717) is 11.4 Å². The summed E-state index contributed by atoms with van der Waals surface area (Å²) in [6, 6.07) is 0. The molecule has 0 atom stereocenters. The summed E-state index contributed by atoms with van der Waals surface area (Å²) in [6.07, 6.45) is 0. The lowest BCUT2D eigenvalue weighted by Crippen LogP contribution is -2.42. The minimum absolute atomic E-state index is 0.00705. The van der Waals surface area contributed by atoms with Gasteiger partial charge in [0.2, 0.25) is 15.9 Å². The van der Waals surface area contributed by atoms with Crippen LogP contribution in [-0.4, -0.2) is 48.0 Å². The fourth-order valence-corrected chi connectivity index (χ4v) is 3.24. The number of hydrogen-bond acceptors (Lipinski definition) is 4. The molecule has 1 aromatic heterocycles. The molecule has 7 nitrogen and oxygen atoms in total. The van der Waals surface area contributed by atoms with Crippen LogP contribution in [-0.2, 0) is 21.4 Å². The zero-order chi connectivity index (χ0) is 16.6. The highest BCUT2D eigenvalue weighted by Gasteiger charge is 2.27. The van der Waals surface area contributed by atoms with Crippen molar-refractivity contribution in [2.75, 3.05) is 14.1 Å². The van der Waals surface area contributed by atoms with E-state index < -0.39 is 10.0 Å².